The smallest absolute Gasteiger partial charge is 0.257 e. The van der Waals surface area contributed by atoms with Crippen molar-refractivity contribution in [2.24, 2.45) is 0 Å². The van der Waals surface area contributed by atoms with Gasteiger partial charge in [-0.3, -0.25) is 10.1 Å². The number of nitrogens with one attached hydrogen (secondary N) is 2. The Balaban J connectivity index is 2.70. The molecule has 0 aliphatic heterocycles. The number of hydrogen-bond donors (Lipinski definition) is 2. The molecule has 0 radical (unpaired) electrons. The van der Waals surface area contributed by atoms with Gasteiger partial charge in [-0.15, -0.1) is 0 Å². The van der Waals surface area contributed by atoms with Crippen LogP contribution in [0.3, 0.4) is 0 Å². The summed E-state index contributed by atoms with van der Waals surface area (Å²) in [6, 6.07) is 6.79. The molecule has 0 aromatic heterocycles. The molecule has 0 unspecified atom stereocenters. The van der Waals surface area contributed by atoms with Crippen molar-refractivity contribution in [2.75, 3.05) is 14.2 Å². The van der Waals surface area contributed by atoms with Crippen molar-refractivity contribution < 1.29 is 9.53 Å². The van der Waals surface area contributed by atoms with Gasteiger partial charge in [0.2, 0.25) is 0 Å². The van der Waals surface area contributed by atoms with Gasteiger partial charge in [0.1, 0.15) is 5.75 Å². The summed E-state index contributed by atoms with van der Waals surface area (Å²) in [7, 11) is 3.22. The van der Waals surface area contributed by atoms with E-state index in [1.807, 2.05) is 0 Å². The summed E-state index contributed by atoms with van der Waals surface area (Å²) in [4.78, 5) is 11.5. The summed E-state index contributed by atoms with van der Waals surface area (Å²) in [5.74, 6) is 0.472. The number of rotatable bonds is 2. The van der Waals surface area contributed by atoms with Crippen LogP contribution in [0.25, 0.3) is 0 Å². The zero-order valence-electron chi connectivity index (χ0n) is 8.53. The highest BCUT2D eigenvalue weighted by Gasteiger charge is 2.06. The van der Waals surface area contributed by atoms with E-state index in [0.29, 0.717) is 16.4 Å². The van der Waals surface area contributed by atoms with E-state index in [1.165, 1.54) is 0 Å². The molecule has 0 bridgehead atoms. The summed E-state index contributed by atoms with van der Waals surface area (Å²) in [5, 5.41) is 5.49. The first-order chi connectivity index (χ1) is 7.17. The maximum Gasteiger partial charge on any atom is 0.257 e. The van der Waals surface area contributed by atoms with E-state index in [9.17, 15) is 4.79 Å². The maximum absolute atomic E-state index is 11.5. The lowest BCUT2D eigenvalue weighted by molar-refractivity contribution is 0.0977. The Kier molecular flexibility index (Phi) is 4.05. The third kappa shape index (κ3) is 3.21. The zero-order chi connectivity index (χ0) is 11.3. The largest absolute Gasteiger partial charge is 0.497 e. The summed E-state index contributed by atoms with van der Waals surface area (Å²) in [6.07, 6.45) is 0. The molecule has 0 atom stereocenters. The number of ether oxygens (including phenoxy) is 1. The van der Waals surface area contributed by atoms with Crippen molar-refractivity contribution in [1.82, 2.24) is 10.6 Å². The third-order valence-corrected chi connectivity index (χ3v) is 2.11. The molecule has 1 amide bonds. The number of amides is 1. The minimum atomic E-state index is -0.239. The van der Waals surface area contributed by atoms with Crippen LogP contribution in [0.5, 0.6) is 5.75 Å². The number of hydrogen-bond acceptors (Lipinski definition) is 3. The van der Waals surface area contributed by atoms with Crippen molar-refractivity contribution >= 4 is 23.2 Å². The van der Waals surface area contributed by atoms with E-state index in [2.05, 4.69) is 10.6 Å². The highest BCUT2D eigenvalue weighted by atomic mass is 32.1. The van der Waals surface area contributed by atoms with Crippen LogP contribution in [-0.2, 0) is 0 Å². The third-order valence-electron chi connectivity index (χ3n) is 1.81. The molecule has 15 heavy (non-hydrogen) atoms. The Morgan fingerprint density at radius 3 is 2.40 bits per heavy atom. The molecule has 1 aromatic carbocycles. The second-order valence-corrected chi connectivity index (χ2v) is 3.17. The molecule has 0 aliphatic carbocycles. The van der Waals surface area contributed by atoms with Gasteiger partial charge in [-0.1, -0.05) is 0 Å². The molecule has 5 heteroatoms. The molecule has 0 saturated heterocycles. The average Bonchev–Trinajstić information content (AvgIpc) is 2.29. The van der Waals surface area contributed by atoms with E-state index in [4.69, 9.17) is 17.0 Å². The molecular formula is C10H12N2O2S. The average molecular weight is 224 g/mol. The number of benzene rings is 1. The van der Waals surface area contributed by atoms with Gasteiger partial charge in [0.25, 0.3) is 5.91 Å². The molecule has 4 nitrogen and oxygen atoms in total. The maximum atomic E-state index is 11.5. The fraction of sp³-hybridized carbons (Fsp3) is 0.200. The minimum absolute atomic E-state index is 0.239. The number of carbonyl (C=O) groups excluding carboxylic acids is 1. The number of thiocarbonyl (C=S) groups is 1. The summed E-state index contributed by atoms with van der Waals surface area (Å²) in [6.45, 7) is 0. The first-order valence-corrected chi connectivity index (χ1v) is 4.75. The topological polar surface area (TPSA) is 50.4 Å². The molecular weight excluding hydrogens is 212 g/mol. The first-order valence-electron chi connectivity index (χ1n) is 4.34. The lowest BCUT2D eigenvalue weighted by atomic mass is 10.2. The van der Waals surface area contributed by atoms with Crippen LogP contribution in [0.2, 0.25) is 0 Å². The van der Waals surface area contributed by atoms with Crippen LogP contribution in [0.1, 0.15) is 10.4 Å². The Morgan fingerprint density at radius 2 is 1.93 bits per heavy atom. The van der Waals surface area contributed by atoms with E-state index >= 15 is 0 Å². The van der Waals surface area contributed by atoms with Crippen molar-refractivity contribution in [3.63, 3.8) is 0 Å². The van der Waals surface area contributed by atoms with Crippen LogP contribution in [0.15, 0.2) is 24.3 Å². The summed E-state index contributed by atoms with van der Waals surface area (Å²) in [5.41, 5.74) is 0.536. The molecule has 80 valence electrons. The normalized spacial score (nSPS) is 9.20. The van der Waals surface area contributed by atoms with Gasteiger partial charge in [-0.25, -0.2) is 0 Å². The van der Waals surface area contributed by atoms with E-state index in [0.717, 1.165) is 0 Å². The van der Waals surface area contributed by atoms with E-state index in [-0.39, 0.29) is 5.91 Å². The minimum Gasteiger partial charge on any atom is -0.497 e. The quantitative estimate of drug-likeness (QED) is 0.734. The fourth-order valence-electron chi connectivity index (χ4n) is 0.980. The highest BCUT2D eigenvalue weighted by molar-refractivity contribution is 7.80. The predicted molar refractivity (Wildman–Crippen MR) is 62.1 cm³/mol. The monoisotopic (exact) mass is 224 g/mol. The fourth-order valence-corrected chi connectivity index (χ4v) is 1.07. The Labute approximate surface area is 93.6 Å². The van der Waals surface area contributed by atoms with Crippen LogP contribution in [0, 0.1) is 0 Å². The SMILES string of the molecule is CNC(=S)NC(=O)c1ccc(OC)cc1. The van der Waals surface area contributed by atoms with Crippen molar-refractivity contribution in [3.05, 3.63) is 29.8 Å². The summed E-state index contributed by atoms with van der Waals surface area (Å²) >= 11 is 4.81. The van der Waals surface area contributed by atoms with Crippen molar-refractivity contribution in [3.8, 4) is 5.75 Å². The van der Waals surface area contributed by atoms with Gasteiger partial charge >= 0.3 is 0 Å². The standard InChI is InChI=1S/C10H12N2O2S/c1-11-10(15)12-9(13)7-3-5-8(14-2)6-4-7/h3-6H,1-2H3,(H2,11,12,13,15). The predicted octanol–water partition coefficient (Wildman–Crippen LogP) is 0.929. The van der Waals surface area contributed by atoms with Gasteiger partial charge in [0, 0.05) is 12.6 Å². The molecule has 1 rings (SSSR count). The first kappa shape index (κ1) is 11.5. The van der Waals surface area contributed by atoms with E-state index < -0.39 is 0 Å². The van der Waals surface area contributed by atoms with Crippen LogP contribution >= 0.6 is 12.2 Å². The van der Waals surface area contributed by atoms with Crippen molar-refractivity contribution in [1.29, 1.82) is 0 Å². The second-order valence-electron chi connectivity index (χ2n) is 2.76. The number of methoxy groups -OCH3 is 1. The molecule has 2 N–H and O–H groups in total. The Bertz CT molecular complexity index is 362. The van der Waals surface area contributed by atoms with Gasteiger partial charge in [-0.05, 0) is 36.5 Å². The van der Waals surface area contributed by atoms with Gasteiger partial charge in [0.15, 0.2) is 5.11 Å². The molecule has 0 aliphatic rings. The Hall–Kier alpha value is -1.62. The Morgan fingerprint density at radius 1 is 1.33 bits per heavy atom. The van der Waals surface area contributed by atoms with Crippen LogP contribution in [0.4, 0.5) is 0 Å². The van der Waals surface area contributed by atoms with Crippen LogP contribution < -0.4 is 15.4 Å². The van der Waals surface area contributed by atoms with Crippen LogP contribution in [-0.4, -0.2) is 25.2 Å². The molecule has 1 aromatic rings. The molecule has 0 heterocycles. The molecule has 0 fully saturated rings. The second kappa shape index (κ2) is 5.31. The van der Waals surface area contributed by atoms with Gasteiger partial charge in [0.05, 0.1) is 7.11 Å². The molecule has 0 spiro atoms. The van der Waals surface area contributed by atoms with Gasteiger partial charge in [-0.2, -0.15) is 0 Å². The summed E-state index contributed by atoms with van der Waals surface area (Å²) < 4.78 is 4.98. The highest BCUT2D eigenvalue weighted by Crippen LogP contribution is 2.10. The lowest BCUT2D eigenvalue weighted by Gasteiger charge is -2.06. The lowest BCUT2D eigenvalue weighted by Crippen LogP contribution is -2.37. The van der Waals surface area contributed by atoms with E-state index in [1.54, 1.807) is 38.4 Å². The van der Waals surface area contributed by atoms with Gasteiger partial charge < -0.3 is 10.1 Å². The zero-order valence-corrected chi connectivity index (χ0v) is 9.35. The van der Waals surface area contributed by atoms with Crippen molar-refractivity contribution in [2.45, 2.75) is 0 Å². The number of carbonyl (C=O) groups is 1. The molecule has 0 saturated carbocycles.